The van der Waals surface area contributed by atoms with E-state index in [0.29, 0.717) is 12.1 Å². The third kappa shape index (κ3) is 3.49. The van der Waals surface area contributed by atoms with Gasteiger partial charge in [0.2, 0.25) is 0 Å². The van der Waals surface area contributed by atoms with Gasteiger partial charge in [0, 0.05) is 40.6 Å². The van der Waals surface area contributed by atoms with E-state index < -0.39 is 0 Å². The number of hydrogen-bond acceptors (Lipinski definition) is 4. The van der Waals surface area contributed by atoms with Gasteiger partial charge in [0.25, 0.3) is 11.8 Å². The van der Waals surface area contributed by atoms with E-state index in [9.17, 15) is 9.59 Å². The molecule has 7 heteroatoms. The zero-order valence-corrected chi connectivity index (χ0v) is 17.9. The summed E-state index contributed by atoms with van der Waals surface area (Å²) in [4.78, 5) is 33.8. The van der Waals surface area contributed by atoms with Crippen molar-refractivity contribution in [2.24, 2.45) is 0 Å². The molecular weight excluding hydrogens is 384 g/mol. The Morgan fingerprint density at radius 3 is 2.69 bits per heavy atom. The third-order valence-electron chi connectivity index (χ3n) is 5.87. The van der Waals surface area contributed by atoms with Crippen LogP contribution in [0, 0.1) is 6.92 Å². The number of hydrogen-bond donors (Lipinski definition) is 3. The Morgan fingerprint density at radius 2 is 2.00 bits per heavy atom. The SMILES string of the molecule is CCN(CC)CCN1Cc2[nH]c(/C=C3/C(=O)Nc4ccc(S)cc43)c(C)c2C1=O. The normalized spacial score (nSPS) is 16.7. The molecule has 6 nitrogen and oxygen atoms in total. The summed E-state index contributed by atoms with van der Waals surface area (Å²) in [5, 5.41) is 2.88. The van der Waals surface area contributed by atoms with Gasteiger partial charge in [0.1, 0.15) is 0 Å². The molecule has 152 valence electrons. The van der Waals surface area contributed by atoms with Gasteiger partial charge in [-0.1, -0.05) is 13.8 Å². The van der Waals surface area contributed by atoms with Crippen molar-refractivity contribution < 1.29 is 9.59 Å². The number of benzene rings is 1. The van der Waals surface area contributed by atoms with Gasteiger partial charge in [-0.15, -0.1) is 12.6 Å². The topological polar surface area (TPSA) is 68.4 Å². The number of thiol groups is 1. The Balaban J connectivity index is 1.59. The van der Waals surface area contributed by atoms with Crippen LogP contribution in [-0.2, 0) is 11.3 Å². The fourth-order valence-corrected chi connectivity index (χ4v) is 4.30. The Hall–Kier alpha value is -2.51. The number of amides is 2. The first kappa shape index (κ1) is 19.8. The molecule has 1 aromatic heterocycles. The number of likely N-dealkylation sites (N-methyl/N-ethyl adjacent to an activating group) is 1. The first-order chi connectivity index (χ1) is 13.9. The lowest BCUT2D eigenvalue weighted by atomic mass is 10.0. The van der Waals surface area contributed by atoms with E-state index in [0.717, 1.165) is 64.8 Å². The molecule has 0 radical (unpaired) electrons. The first-order valence-electron chi connectivity index (χ1n) is 10.0. The lowest BCUT2D eigenvalue weighted by molar-refractivity contribution is -0.110. The number of H-pyrrole nitrogens is 1. The van der Waals surface area contributed by atoms with Crippen molar-refractivity contribution in [2.45, 2.75) is 32.2 Å². The maximum absolute atomic E-state index is 12.9. The lowest BCUT2D eigenvalue weighted by Gasteiger charge is -2.22. The molecular formula is C22H26N4O2S. The molecule has 0 bridgehead atoms. The molecule has 0 saturated heterocycles. The van der Waals surface area contributed by atoms with Gasteiger partial charge in [0.05, 0.1) is 17.7 Å². The second kappa shape index (κ2) is 7.72. The number of carbonyl (C=O) groups excluding carboxylic acids is 2. The number of rotatable bonds is 6. The average Bonchev–Trinajstić information content (AvgIpc) is 3.29. The van der Waals surface area contributed by atoms with Gasteiger partial charge in [-0.3, -0.25) is 9.59 Å². The van der Waals surface area contributed by atoms with Crippen LogP contribution in [-0.4, -0.2) is 52.8 Å². The van der Waals surface area contributed by atoms with Crippen molar-refractivity contribution in [2.75, 3.05) is 31.5 Å². The van der Waals surface area contributed by atoms with Crippen molar-refractivity contribution in [3.8, 4) is 0 Å². The van der Waals surface area contributed by atoms with E-state index in [1.165, 1.54) is 0 Å². The monoisotopic (exact) mass is 410 g/mol. The number of aromatic nitrogens is 1. The van der Waals surface area contributed by atoms with Gasteiger partial charge in [-0.05, 0) is 49.9 Å². The summed E-state index contributed by atoms with van der Waals surface area (Å²) >= 11 is 4.39. The molecule has 2 aliphatic heterocycles. The van der Waals surface area contributed by atoms with Gasteiger partial charge in [-0.2, -0.15) is 0 Å². The summed E-state index contributed by atoms with van der Waals surface area (Å²) in [5.41, 5.74) is 5.60. The number of nitrogens with zero attached hydrogens (tertiary/aromatic N) is 2. The predicted octanol–water partition coefficient (Wildman–Crippen LogP) is 3.40. The second-order valence-corrected chi connectivity index (χ2v) is 8.03. The molecule has 0 fully saturated rings. The van der Waals surface area contributed by atoms with Crippen molar-refractivity contribution in [3.05, 3.63) is 46.3 Å². The highest BCUT2D eigenvalue weighted by Gasteiger charge is 2.33. The smallest absolute Gasteiger partial charge is 0.256 e. The third-order valence-corrected chi connectivity index (χ3v) is 6.15. The zero-order chi connectivity index (χ0) is 20.7. The molecule has 2 aliphatic rings. The Bertz CT molecular complexity index is 1020. The van der Waals surface area contributed by atoms with Crippen LogP contribution >= 0.6 is 12.6 Å². The number of anilines is 1. The minimum Gasteiger partial charge on any atom is -0.357 e. The minimum atomic E-state index is -0.139. The van der Waals surface area contributed by atoms with Crippen LogP contribution in [0.2, 0.25) is 0 Å². The van der Waals surface area contributed by atoms with E-state index in [-0.39, 0.29) is 11.8 Å². The first-order valence-corrected chi connectivity index (χ1v) is 10.5. The molecule has 0 saturated carbocycles. The molecule has 2 aromatic rings. The van der Waals surface area contributed by atoms with Gasteiger partial charge >= 0.3 is 0 Å². The average molecular weight is 411 g/mol. The fraction of sp³-hybridized carbons (Fsp3) is 0.364. The number of carbonyl (C=O) groups is 2. The molecule has 3 heterocycles. The highest BCUT2D eigenvalue weighted by molar-refractivity contribution is 7.80. The van der Waals surface area contributed by atoms with Crippen LogP contribution in [0.15, 0.2) is 23.1 Å². The quantitative estimate of drug-likeness (QED) is 0.505. The Labute approximate surface area is 176 Å². The Morgan fingerprint density at radius 1 is 1.24 bits per heavy atom. The van der Waals surface area contributed by atoms with Crippen LogP contribution in [0.1, 0.15) is 46.7 Å². The van der Waals surface area contributed by atoms with E-state index >= 15 is 0 Å². The van der Waals surface area contributed by atoms with E-state index in [4.69, 9.17) is 0 Å². The lowest BCUT2D eigenvalue weighted by Crippen LogP contribution is -2.35. The van der Waals surface area contributed by atoms with Crippen molar-refractivity contribution in [1.82, 2.24) is 14.8 Å². The molecule has 1 aromatic carbocycles. The molecule has 2 amide bonds. The molecule has 4 rings (SSSR count). The minimum absolute atomic E-state index is 0.0690. The van der Waals surface area contributed by atoms with Crippen molar-refractivity contribution in [3.63, 3.8) is 0 Å². The van der Waals surface area contributed by atoms with Crippen LogP contribution in [0.25, 0.3) is 11.6 Å². The number of nitrogens with one attached hydrogen (secondary N) is 2. The molecule has 0 unspecified atom stereocenters. The van der Waals surface area contributed by atoms with Crippen LogP contribution < -0.4 is 5.32 Å². The number of fused-ring (bicyclic) bond motifs is 2. The molecule has 2 N–H and O–H groups in total. The van der Waals surface area contributed by atoms with Crippen LogP contribution in [0.4, 0.5) is 5.69 Å². The maximum atomic E-state index is 12.9. The second-order valence-electron chi connectivity index (χ2n) is 7.51. The summed E-state index contributed by atoms with van der Waals surface area (Å²) < 4.78 is 0. The predicted molar refractivity (Wildman–Crippen MR) is 118 cm³/mol. The number of aromatic amines is 1. The Kier molecular flexibility index (Phi) is 5.27. The van der Waals surface area contributed by atoms with E-state index in [1.807, 2.05) is 36.1 Å². The summed E-state index contributed by atoms with van der Waals surface area (Å²) in [7, 11) is 0. The zero-order valence-electron chi connectivity index (χ0n) is 17.0. The van der Waals surface area contributed by atoms with Crippen LogP contribution in [0.5, 0.6) is 0 Å². The van der Waals surface area contributed by atoms with Crippen molar-refractivity contribution in [1.29, 1.82) is 0 Å². The largest absolute Gasteiger partial charge is 0.357 e. The maximum Gasteiger partial charge on any atom is 0.256 e. The van der Waals surface area contributed by atoms with Gasteiger partial charge in [0.15, 0.2) is 0 Å². The summed E-state index contributed by atoms with van der Waals surface area (Å²) in [5.74, 6) is -0.0697. The van der Waals surface area contributed by atoms with E-state index in [2.05, 4.69) is 41.7 Å². The molecule has 0 spiro atoms. The van der Waals surface area contributed by atoms with Crippen LogP contribution in [0.3, 0.4) is 0 Å². The van der Waals surface area contributed by atoms with Crippen molar-refractivity contribution >= 4 is 41.8 Å². The fourth-order valence-electron chi connectivity index (χ4n) is 4.10. The van der Waals surface area contributed by atoms with Gasteiger partial charge in [-0.25, -0.2) is 0 Å². The van der Waals surface area contributed by atoms with E-state index in [1.54, 1.807) is 0 Å². The molecule has 0 aliphatic carbocycles. The highest BCUT2D eigenvalue weighted by Crippen LogP contribution is 2.36. The summed E-state index contributed by atoms with van der Waals surface area (Å²) in [6, 6.07) is 5.59. The standard InChI is InChI=1S/C22H26N4O2S/c1-4-25(5-2)8-9-26-12-19-20(22(26)28)13(3)18(23-19)11-16-15-10-14(29)6-7-17(15)24-21(16)27/h6-7,10-11,23,29H,4-5,8-9,12H2,1-3H3,(H,24,27)/b16-11+. The highest BCUT2D eigenvalue weighted by atomic mass is 32.1. The molecule has 0 atom stereocenters. The van der Waals surface area contributed by atoms with Gasteiger partial charge < -0.3 is 20.1 Å². The summed E-state index contributed by atoms with van der Waals surface area (Å²) in [6.07, 6.45) is 1.84. The molecule has 29 heavy (non-hydrogen) atoms. The summed E-state index contributed by atoms with van der Waals surface area (Å²) in [6.45, 7) is 10.4.